The van der Waals surface area contributed by atoms with Gasteiger partial charge in [-0.3, -0.25) is 14.6 Å². The molecule has 0 unspecified atom stereocenters. The van der Waals surface area contributed by atoms with Crippen LogP contribution >= 0.6 is 11.8 Å². The Kier molecular flexibility index (Phi) is 4.71. The van der Waals surface area contributed by atoms with E-state index in [4.69, 9.17) is 0 Å². The first-order valence-corrected chi connectivity index (χ1v) is 9.21. The van der Waals surface area contributed by atoms with Gasteiger partial charge in [-0.25, -0.2) is 4.90 Å². The zero-order valence-corrected chi connectivity index (χ0v) is 14.9. The van der Waals surface area contributed by atoms with Crippen LogP contribution in [-0.4, -0.2) is 21.7 Å². The fourth-order valence-electron chi connectivity index (χ4n) is 3.08. The van der Waals surface area contributed by atoms with Crippen LogP contribution < -0.4 is 15.1 Å². The van der Waals surface area contributed by atoms with Crippen molar-refractivity contribution in [1.29, 1.82) is 0 Å². The van der Waals surface area contributed by atoms with Gasteiger partial charge in [0.05, 0.1) is 11.3 Å². The zero-order valence-electron chi connectivity index (χ0n) is 14.1. The maximum absolute atomic E-state index is 12.7. The Morgan fingerprint density at radius 1 is 1.33 bits per heavy atom. The van der Waals surface area contributed by atoms with E-state index in [1.54, 1.807) is 9.58 Å². The molecule has 0 saturated carbocycles. The number of para-hydroxylation sites is 1. The van der Waals surface area contributed by atoms with E-state index < -0.39 is 0 Å². The number of hydrogen-bond donors (Lipinski definition) is 1. The quantitative estimate of drug-likeness (QED) is 0.683. The fourth-order valence-corrected chi connectivity index (χ4v) is 3.66. The number of carbonyl (C=O) groups excluding carboxylic acids is 1. The molecule has 0 bridgehead atoms. The summed E-state index contributed by atoms with van der Waals surface area (Å²) in [6.07, 6.45) is 0.783. The van der Waals surface area contributed by atoms with Crippen molar-refractivity contribution in [3.05, 3.63) is 34.6 Å². The highest BCUT2D eigenvalue weighted by atomic mass is 32.2. The average Bonchev–Trinajstić information content (AvgIpc) is 2.59. The molecule has 1 N–H and O–H groups in total. The summed E-state index contributed by atoms with van der Waals surface area (Å²) in [6.45, 7) is 5.86. The van der Waals surface area contributed by atoms with E-state index in [0.717, 1.165) is 17.0 Å². The van der Waals surface area contributed by atoms with Gasteiger partial charge in [0.1, 0.15) is 0 Å². The minimum Gasteiger partial charge on any atom is -0.291 e. The molecule has 0 fully saturated rings. The van der Waals surface area contributed by atoms with Gasteiger partial charge in [0.2, 0.25) is 11.1 Å². The molecule has 2 heterocycles. The third kappa shape index (κ3) is 2.62. The number of carbonyl (C=O) groups is 1. The molecular weight excluding hydrogens is 324 g/mol. The van der Waals surface area contributed by atoms with E-state index in [0.29, 0.717) is 23.7 Å². The highest BCUT2D eigenvalue weighted by molar-refractivity contribution is 7.99. The molecule has 6 nitrogen and oxygen atoms in total. The monoisotopic (exact) mass is 345 g/mol. The van der Waals surface area contributed by atoms with Crippen LogP contribution in [0.4, 0.5) is 5.69 Å². The van der Waals surface area contributed by atoms with E-state index in [-0.39, 0.29) is 17.6 Å². The Morgan fingerprint density at radius 3 is 2.75 bits per heavy atom. The van der Waals surface area contributed by atoms with E-state index in [2.05, 4.69) is 10.1 Å². The van der Waals surface area contributed by atoms with Crippen LogP contribution in [0.3, 0.4) is 0 Å². The Bertz CT molecular complexity index is 834. The number of nitrogens with one attached hydrogen (secondary N) is 1. The van der Waals surface area contributed by atoms with Crippen molar-refractivity contribution in [3.8, 4) is 11.3 Å². The number of nitrogens with zero attached hydrogens (tertiary/aromatic N) is 3. The first-order chi connectivity index (χ1) is 11.6. The molecule has 0 aliphatic carbocycles. The van der Waals surface area contributed by atoms with Crippen LogP contribution in [0.5, 0.6) is 0 Å². The highest BCUT2D eigenvalue weighted by Crippen LogP contribution is 2.35. The summed E-state index contributed by atoms with van der Waals surface area (Å²) in [7, 11) is 0. The number of H-pyrrole nitrogens is 1. The third-order valence-electron chi connectivity index (χ3n) is 4.08. The van der Waals surface area contributed by atoms with E-state index in [1.165, 1.54) is 11.8 Å². The Hall–Kier alpha value is -2.15. The molecule has 3 rings (SSSR count). The van der Waals surface area contributed by atoms with Gasteiger partial charge in [-0.1, -0.05) is 49.3 Å². The van der Waals surface area contributed by atoms with Crippen molar-refractivity contribution in [2.45, 2.75) is 44.9 Å². The number of thioether (sulfide) groups is 1. The number of rotatable bonds is 4. The molecule has 126 valence electrons. The summed E-state index contributed by atoms with van der Waals surface area (Å²) in [5, 5.41) is 5.19. The summed E-state index contributed by atoms with van der Waals surface area (Å²) in [5.41, 5.74) is 1.86. The number of aromatic amines is 1. The van der Waals surface area contributed by atoms with Crippen LogP contribution in [0.25, 0.3) is 11.3 Å². The highest BCUT2D eigenvalue weighted by Gasteiger charge is 2.43. The molecule has 7 heteroatoms. The lowest BCUT2D eigenvalue weighted by Gasteiger charge is -2.31. The molecule has 1 atom stereocenters. The van der Waals surface area contributed by atoms with Crippen molar-refractivity contribution in [1.82, 2.24) is 10.1 Å². The van der Waals surface area contributed by atoms with Gasteiger partial charge in [-0.05, 0) is 17.9 Å². The van der Waals surface area contributed by atoms with Crippen molar-refractivity contribution >= 4 is 23.4 Å². The third-order valence-corrected chi connectivity index (χ3v) is 4.83. The summed E-state index contributed by atoms with van der Waals surface area (Å²) >= 11 is 1.48. The van der Waals surface area contributed by atoms with Crippen molar-refractivity contribution in [2.24, 2.45) is 0 Å². The number of aromatic nitrogens is 3. The molecule has 0 spiro atoms. The SMILES string of the molecule is CCSc1n[n+]2c(c(=O)[nH]1)-c1ccccc1N(C(=O)CC)[C@@H]2CC. The van der Waals surface area contributed by atoms with Crippen LogP contribution in [-0.2, 0) is 4.79 Å². The van der Waals surface area contributed by atoms with Gasteiger partial charge >= 0.3 is 11.3 Å². The van der Waals surface area contributed by atoms with Gasteiger partial charge in [0.15, 0.2) is 0 Å². The molecule has 1 aromatic heterocycles. The first kappa shape index (κ1) is 16.7. The number of benzene rings is 1. The second-order valence-electron chi connectivity index (χ2n) is 5.51. The van der Waals surface area contributed by atoms with Crippen LogP contribution in [0.2, 0.25) is 0 Å². The normalized spacial score (nSPS) is 15.8. The zero-order chi connectivity index (χ0) is 17.3. The van der Waals surface area contributed by atoms with Gasteiger partial charge < -0.3 is 0 Å². The van der Waals surface area contributed by atoms with Gasteiger partial charge in [0.25, 0.3) is 6.17 Å². The van der Waals surface area contributed by atoms with E-state index in [1.807, 2.05) is 45.0 Å². The second-order valence-corrected chi connectivity index (χ2v) is 6.76. The summed E-state index contributed by atoms with van der Waals surface area (Å²) in [5.74, 6) is 0.840. The largest absolute Gasteiger partial charge is 0.325 e. The maximum atomic E-state index is 12.7. The van der Waals surface area contributed by atoms with Crippen molar-refractivity contribution in [2.75, 3.05) is 10.7 Å². The molecule has 2 aromatic rings. The van der Waals surface area contributed by atoms with E-state index in [9.17, 15) is 9.59 Å². The molecule has 0 radical (unpaired) electrons. The van der Waals surface area contributed by atoms with Crippen LogP contribution in [0, 0.1) is 0 Å². The fraction of sp³-hybridized carbons (Fsp3) is 0.412. The summed E-state index contributed by atoms with van der Waals surface area (Å²) in [4.78, 5) is 29.9. The summed E-state index contributed by atoms with van der Waals surface area (Å²) < 4.78 is 1.72. The Balaban J connectivity index is 2.30. The minimum atomic E-state index is -0.291. The van der Waals surface area contributed by atoms with Crippen LogP contribution in [0.15, 0.2) is 34.2 Å². The topological polar surface area (TPSA) is 69.9 Å². The standard InChI is InChI=1S/C17H20N4O2S/c1-4-13-20(14(22)5-2)12-10-8-7-9-11(12)15-16(23)18-17(24-6-3)19-21(13)15/h7-10,13H,4-6H2,1-3H3/p+1/t13-/m0/s1. The number of amides is 1. The predicted octanol–water partition coefficient (Wildman–Crippen LogP) is 2.50. The van der Waals surface area contributed by atoms with Gasteiger partial charge in [0, 0.05) is 17.9 Å². The lowest BCUT2D eigenvalue weighted by atomic mass is 10.0. The number of fused-ring (bicyclic) bond motifs is 3. The molecular formula is C17H21N4O2S+. The Labute approximate surface area is 144 Å². The molecule has 1 aliphatic rings. The van der Waals surface area contributed by atoms with E-state index >= 15 is 0 Å². The molecule has 24 heavy (non-hydrogen) atoms. The first-order valence-electron chi connectivity index (χ1n) is 8.22. The van der Waals surface area contributed by atoms with Gasteiger partial charge in [-0.15, -0.1) is 0 Å². The number of hydrogen-bond acceptors (Lipinski definition) is 4. The molecule has 1 aliphatic heterocycles. The molecule has 1 aromatic carbocycles. The molecule has 1 amide bonds. The maximum Gasteiger partial charge on any atom is 0.325 e. The number of anilines is 1. The lowest BCUT2D eigenvalue weighted by Crippen LogP contribution is -2.60. The smallest absolute Gasteiger partial charge is 0.291 e. The lowest BCUT2D eigenvalue weighted by molar-refractivity contribution is -0.771. The minimum absolute atomic E-state index is 0.0271. The van der Waals surface area contributed by atoms with Gasteiger partial charge in [-0.2, -0.15) is 0 Å². The average molecular weight is 345 g/mol. The van der Waals surface area contributed by atoms with Crippen molar-refractivity contribution in [3.63, 3.8) is 0 Å². The molecule has 0 saturated heterocycles. The van der Waals surface area contributed by atoms with Crippen LogP contribution in [0.1, 0.15) is 39.8 Å². The predicted molar refractivity (Wildman–Crippen MR) is 94.0 cm³/mol. The summed E-state index contributed by atoms with van der Waals surface area (Å²) in [6, 6.07) is 7.52. The Morgan fingerprint density at radius 2 is 2.08 bits per heavy atom. The van der Waals surface area contributed by atoms with Crippen molar-refractivity contribution < 1.29 is 9.48 Å². The second kappa shape index (κ2) is 6.76.